The summed E-state index contributed by atoms with van der Waals surface area (Å²) >= 11 is 0. The van der Waals surface area contributed by atoms with Gasteiger partial charge < -0.3 is 5.32 Å². The predicted octanol–water partition coefficient (Wildman–Crippen LogP) is 2.53. The summed E-state index contributed by atoms with van der Waals surface area (Å²) in [5, 5.41) is 6.11. The molecule has 1 fully saturated rings. The minimum atomic E-state index is 0.133. The Morgan fingerprint density at radius 3 is 2.53 bits per heavy atom. The fourth-order valence-corrected chi connectivity index (χ4v) is 2.22. The van der Waals surface area contributed by atoms with E-state index >= 15 is 0 Å². The zero-order valence-electron chi connectivity index (χ0n) is 10.7. The first-order chi connectivity index (χ1) is 8.05. The molecule has 17 heavy (non-hydrogen) atoms. The van der Waals surface area contributed by atoms with Crippen LogP contribution in [0.15, 0.2) is 36.7 Å². The van der Waals surface area contributed by atoms with Crippen LogP contribution in [0.2, 0.25) is 0 Å². The van der Waals surface area contributed by atoms with Gasteiger partial charge in [0.05, 0.1) is 6.04 Å². The largest absolute Gasteiger partial charge is 0.307 e. The Hall–Kier alpha value is -1.41. The van der Waals surface area contributed by atoms with E-state index in [0.717, 1.165) is 6.54 Å². The van der Waals surface area contributed by atoms with Gasteiger partial charge in [-0.25, -0.2) is 0 Å². The number of hydrogen-bond acceptors (Lipinski definition) is 1. The molecule has 1 unspecified atom stereocenters. The molecule has 1 aromatic carbocycles. The van der Waals surface area contributed by atoms with Crippen molar-refractivity contribution in [3.05, 3.63) is 42.2 Å². The maximum Gasteiger partial charge on any atom is 0.177 e. The molecule has 1 N–H and O–H groups in total. The van der Waals surface area contributed by atoms with E-state index in [1.807, 2.05) is 0 Å². The number of nitrogens with zero attached hydrogens (tertiary/aromatic N) is 1. The zero-order valence-corrected chi connectivity index (χ0v) is 10.7. The normalized spacial score (nSPS) is 19.6. The van der Waals surface area contributed by atoms with Crippen LogP contribution in [-0.2, 0) is 5.54 Å². The molecular weight excluding hydrogens is 208 g/mol. The second-order valence-electron chi connectivity index (χ2n) is 5.84. The van der Waals surface area contributed by atoms with Crippen molar-refractivity contribution >= 4 is 10.8 Å². The third kappa shape index (κ3) is 1.93. The molecule has 1 atom stereocenters. The van der Waals surface area contributed by atoms with E-state index in [9.17, 15) is 0 Å². The molecule has 3 rings (SSSR count). The number of rotatable bonds is 1. The number of nitrogens with one attached hydrogen (secondary N) is 1. The molecular formula is C15H19N2+. The van der Waals surface area contributed by atoms with Crippen molar-refractivity contribution in [3.63, 3.8) is 0 Å². The molecule has 2 heteroatoms. The Labute approximate surface area is 102 Å². The van der Waals surface area contributed by atoms with Gasteiger partial charge in [0.1, 0.15) is 0 Å². The van der Waals surface area contributed by atoms with Gasteiger partial charge in [0.2, 0.25) is 0 Å². The first-order valence-corrected chi connectivity index (χ1v) is 6.23. The third-order valence-corrected chi connectivity index (χ3v) is 3.39. The summed E-state index contributed by atoms with van der Waals surface area (Å²) in [6.45, 7) is 7.84. The fraction of sp³-hybridized carbons (Fsp3) is 0.400. The summed E-state index contributed by atoms with van der Waals surface area (Å²) in [4.78, 5) is 0. The quantitative estimate of drug-likeness (QED) is 0.588. The minimum absolute atomic E-state index is 0.133. The van der Waals surface area contributed by atoms with E-state index < -0.39 is 0 Å². The van der Waals surface area contributed by atoms with Gasteiger partial charge in [0, 0.05) is 38.3 Å². The molecule has 2 heterocycles. The lowest BCUT2D eigenvalue weighted by atomic mass is 10.0. The monoisotopic (exact) mass is 227 g/mol. The lowest BCUT2D eigenvalue weighted by Gasteiger charge is -2.15. The zero-order chi connectivity index (χ0) is 12.0. The van der Waals surface area contributed by atoms with Gasteiger partial charge in [-0.2, -0.15) is 4.57 Å². The highest BCUT2D eigenvalue weighted by Crippen LogP contribution is 2.28. The Morgan fingerprint density at radius 2 is 1.88 bits per heavy atom. The molecule has 88 valence electrons. The van der Waals surface area contributed by atoms with Crippen LogP contribution in [0.4, 0.5) is 0 Å². The van der Waals surface area contributed by atoms with Gasteiger partial charge >= 0.3 is 0 Å². The molecule has 0 bridgehead atoms. The van der Waals surface area contributed by atoms with Crippen molar-refractivity contribution in [2.24, 2.45) is 0 Å². The van der Waals surface area contributed by atoms with Crippen molar-refractivity contribution in [2.75, 3.05) is 6.54 Å². The number of benzene rings is 1. The van der Waals surface area contributed by atoms with E-state index in [1.165, 1.54) is 16.3 Å². The highest BCUT2D eigenvalue weighted by molar-refractivity contribution is 5.84. The summed E-state index contributed by atoms with van der Waals surface area (Å²) in [6, 6.07) is 9.20. The maximum absolute atomic E-state index is 3.41. The number of pyridine rings is 1. The third-order valence-electron chi connectivity index (χ3n) is 3.39. The summed E-state index contributed by atoms with van der Waals surface area (Å²) in [5.74, 6) is 0. The Morgan fingerprint density at radius 1 is 1.18 bits per heavy atom. The molecule has 1 aromatic heterocycles. The molecule has 0 radical (unpaired) electrons. The highest BCUT2D eigenvalue weighted by Gasteiger charge is 2.30. The van der Waals surface area contributed by atoms with Crippen LogP contribution < -0.4 is 9.88 Å². The van der Waals surface area contributed by atoms with Crippen LogP contribution >= 0.6 is 0 Å². The second-order valence-corrected chi connectivity index (χ2v) is 5.84. The van der Waals surface area contributed by atoms with Crippen molar-refractivity contribution in [1.82, 2.24) is 5.32 Å². The average Bonchev–Trinajstić information content (AvgIpc) is 3.10. The predicted molar refractivity (Wildman–Crippen MR) is 69.9 cm³/mol. The van der Waals surface area contributed by atoms with Gasteiger partial charge in [0.25, 0.3) is 0 Å². The van der Waals surface area contributed by atoms with Gasteiger partial charge in [0.15, 0.2) is 17.9 Å². The molecule has 0 aliphatic carbocycles. The van der Waals surface area contributed by atoms with Gasteiger partial charge in [-0.15, -0.1) is 0 Å². The van der Waals surface area contributed by atoms with Crippen molar-refractivity contribution < 1.29 is 4.57 Å². The van der Waals surface area contributed by atoms with Gasteiger partial charge in [-0.1, -0.05) is 18.2 Å². The minimum Gasteiger partial charge on any atom is -0.307 e. The standard InChI is InChI=1S/C15H19N2/c1-15(2,3)17-9-11-6-4-5-7-12(11)13(10-17)14-8-16-14/h4-7,9-10,14,16H,8H2,1-3H3/q+1. The van der Waals surface area contributed by atoms with E-state index in [4.69, 9.17) is 0 Å². The summed E-state index contributed by atoms with van der Waals surface area (Å²) in [6.07, 6.45) is 4.55. The molecule has 1 saturated heterocycles. The van der Waals surface area contributed by atoms with Crippen LogP contribution in [0, 0.1) is 0 Å². The molecule has 1 aliphatic heterocycles. The maximum atomic E-state index is 3.41. The van der Waals surface area contributed by atoms with E-state index in [0.29, 0.717) is 6.04 Å². The first kappa shape index (κ1) is 10.7. The van der Waals surface area contributed by atoms with Gasteiger partial charge in [-0.3, -0.25) is 0 Å². The van der Waals surface area contributed by atoms with Crippen LogP contribution in [0.1, 0.15) is 32.4 Å². The smallest absolute Gasteiger partial charge is 0.177 e. The topological polar surface area (TPSA) is 25.8 Å². The number of aromatic nitrogens is 1. The highest BCUT2D eigenvalue weighted by atomic mass is 15.1. The molecule has 0 amide bonds. The van der Waals surface area contributed by atoms with Crippen molar-refractivity contribution in [2.45, 2.75) is 32.4 Å². The molecule has 0 spiro atoms. The average molecular weight is 227 g/mol. The summed E-state index contributed by atoms with van der Waals surface area (Å²) in [7, 11) is 0. The van der Waals surface area contributed by atoms with Crippen molar-refractivity contribution in [3.8, 4) is 0 Å². The Kier molecular flexibility index (Phi) is 2.23. The summed E-state index contributed by atoms with van der Waals surface area (Å²) < 4.78 is 2.32. The van der Waals surface area contributed by atoms with E-state index in [-0.39, 0.29) is 5.54 Å². The van der Waals surface area contributed by atoms with Crippen molar-refractivity contribution in [1.29, 1.82) is 0 Å². The lowest BCUT2D eigenvalue weighted by molar-refractivity contribution is -0.753. The van der Waals surface area contributed by atoms with Crippen LogP contribution in [0.5, 0.6) is 0 Å². The Bertz CT molecular complexity index is 563. The second kappa shape index (κ2) is 3.54. The van der Waals surface area contributed by atoms with Crippen LogP contribution in [0.3, 0.4) is 0 Å². The lowest BCUT2D eigenvalue weighted by Crippen LogP contribution is -2.50. The molecule has 2 aromatic rings. The SMILES string of the molecule is CC(C)(C)[n+]1cc(C2CN2)c2ccccc2c1. The summed E-state index contributed by atoms with van der Waals surface area (Å²) in [5.41, 5.74) is 1.56. The molecule has 2 nitrogen and oxygen atoms in total. The Balaban J connectivity index is 2.27. The van der Waals surface area contributed by atoms with E-state index in [2.05, 4.69) is 67.3 Å². The molecule has 0 saturated carbocycles. The number of fused-ring (bicyclic) bond motifs is 1. The van der Waals surface area contributed by atoms with Gasteiger partial charge in [-0.05, 0) is 11.5 Å². The van der Waals surface area contributed by atoms with Crippen LogP contribution in [0.25, 0.3) is 10.8 Å². The van der Waals surface area contributed by atoms with Crippen LogP contribution in [-0.4, -0.2) is 6.54 Å². The molecule has 1 aliphatic rings. The first-order valence-electron chi connectivity index (χ1n) is 6.23. The number of hydrogen-bond donors (Lipinski definition) is 1. The fourth-order valence-electron chi connectivity index (χ4n) is 2.22. The van der Waals surface area contributed by atoms with E-state index in [1.54, 1.807) is 0 Å².